The minimum atomic E-state index is 0.425. The van der Waals surface area contributed by atoms with Crippen LogP contribution in [-0.2, 0) is 19.7 Å². The summed E-state index contributed by atoms with van der Waals surface area (Å²) in [6.07, 6.45) is 1.55. The molecule has 0 saturated carbocycles. The number of hydrogen-bond acceptors (Lipinski definition) is 4. The van der Waals surface area contributed by atoms with Crippen LogP contribution in [0.4, 0.5) is 0 Å². The maximum atomic E-state index is 5.76. The van der Waals surface area contributed by atoms with Crippen molar-refractivity contribution >= 4 is 15.9 Å². The van der Waals surface area contributed by atoms with E-state index in [1.54, 1.807) is 6.33 Å². The first kappa shape index (κ1) is 14.0. The zero-order valence-electron chi connectivity index (χ0n) is 11.1. The number of nitrogens with zero attached hydrogens (tertiary/aromatic N) is 3. The van der Waals surface area contributed by atoms with Crippen molar-refractivity contribution < 1.29 is 4.74 Å². The van der Waals surface area contributed by atoms with Gasteiger partial charge in [0.15, 0.2) is 5.82 Å². The minimum absolute atomic E-state index is 0.425. The monoisotopic (exact) mass is 324 g/mol. The van der Waals surface area contributed by atoms with E-state index in [2.05, 4.69) is 31.3 Å². The predicted octanol–water partition coefficient (Wildman–Crippen LogP) is 2.36. The quantitative estimate of drug-likeness (QED) is 0.886. The summed E-state index contributed by atoms with van der Waals surface area (Å²) in [6.45, 7) is 4.05. The van der Waals surface area contributed by atoms with E-state index in [1.165, 1.54) is 0 Å². The number of hydrogen-bond donors (Lipinski definition) is 1. The van der Waals surface area contributed by atoms with Crippen molar-refractivity contribution in [2.24, 2.45) is 0 Å². The Hall–Kier alpha value is -1.40. The lowest BCUT2D eigenvalue weighted by atomic mass is 10.2. The Morgan fingerprint density at radius 1 is 1.42 bits per heavy atom. The van der Waals surface area contributed by atoms with E-state index < -0.39 is 0 Å². The second kappa shape index (κ2) is 6.68. The van der Waals surface area contributed by atoms with Crippen molar-refractivity contribution in [3.05, 3.63) is 40.4 Å². The summed E-state index contributed by atoms with van der Waals surface area (Å²) in [6, 6.07) is 5.95. The van der Waals surface area contributed by atoms with Crippen LogP contribution < -0.4 is 10.1 Å². The molecule has 0 amide bonds. The number of aryl methyl sites for hydroxylation is 1. The van der Waals surface area contributed by atoms with E-state index >= 15 is 0 Å². The van der Waals surface area contributed by atoms with Gasteiger partial charge in [-0.15, -0.1) is 0 Å². The van der Waals surface area contributed by atoms with Crippen molar-refractivity contribution in [3.63, 3.8) is 0 Å². The Bertz CT molecular complexity index is 541. The lowest BCUT2D eigenvalue weighted by Gasteiger charge is -2.09. The summed E-state index contributed by atoms with van der Waals surface area (Å²) < 4.78 is 8.66. The van der Waals surface area contributed by atoms with Gasteiger partial charge in [0.2, 0.25) is 0 Å². The molecule has 1 aromatic heterocycles. The summed E-state index contributed by atoms with van der Waals surface area (Å²) in [5.41, 5.74) is 1.16. The van der Waals surface area contributed by atoms with E-state index in [0.29, 0.717) is 6.61 Å². The third-order valence-electron chi connectivity index (χ3n) is 2.75. The summed E-state index contributed by atoms with van der Waals surface area (Å²) in [5, 5.41) is 7.24. The van der Waals surface area contributed by atoms with Crippen LogP contribution in [0.15, 0.2) is 29.0 Å². The Labute approximate surface area is 121 Å². The molecule has 6 heteroatoms. The molecule has 1 heterocycles. The number of ether oxygens (including phenoxy) is 1. The fraction of sp³-hybridized carbons (Fsp3) is 0.385. The fourth-order valence-corrected chi connectivity index (χ4v) is 2.17. The molecule has 0 fully saturated rings. The summed E-state index contributed by atoms with van der Waals surface area (Å²) in [4.78, 5) is 4.18. The SMILES string of the molecule is CCn1ncnc1COc1ccc(Br)c(CNC)c1. The summed E-state index contributed by atoms with van der Waals surface area (Å²) in [7, 11) is 1.92. The molecule has 19 heavy (non-hydrogen) atoms. The van der Waals surface area contributed by atoms with Crippen LogP contribution in [0.1, 0.15) is 18.3 Å². The molecule has 0 atom stereocenters. The van der Waals surface area contributed by atoms with Crippen molar-refractivity contribution in [3.8, 4) is 5.75 Å². The van der Waals surface area contributed by atoms with Crippen LogP contribution in [0.2, 0.25) is 0 Å². The molecular weight excluding hydrogens is 308 g/mol. The van der Waals surface area contributed by atoms with Gasteiger partial charge in [0.25, 0.3) is 0 Å². The van der Waals surface area contributed by atoms with E-state index in [0.717, 1.165) is 34.7 Å². The van der Waals surface area contributed by atoms with E-state index in [-0.39, 0.29) is 0 Å². The first-order chi connectivity index (χ1) is 9.24. The van der Waals surface area contributed by atoms with Gasteiger partial charge in [-0.05, 0) is 37.7 Å². The summed E-state index contributed by atoms with van der Waals surface area (Å²) in [5.74, 6) is 1.67. The van der Waals surface area contributed by atoms with Crippen LogP contribution in [0.3, 0.4) is 0 Å². The van der Waals surface area contributed by atoms with Crippen molar-refractivity contribution in [1.29, 1.82) is 0 Å². The highest BCUT2D eigenvalue weighted by molar-refractivity contribution is 9.10. The number of aromatic nitrogens is 3. The second-order valence-corrected chi connectivity index (χ2v) is 4.92. The molecule has 1 N–H and O–H groups in total. The van der Waals surface area contributed by atoms with Crippen molar-refractivity contribution in [1.82, 2.24) is 20.1 Å². The average molecular weight is 325 g/mol. The third-order valence-corrected chi connectivity index (χ3v) is 3.52. The molecule has 102 valence electrons. The van der Waals surface area contributed by atoms with Gasteiger partial charge < -0.3 is 10.1 Å². The highest BCUT2D eigenvalue weighted by Crippen LogP contribution is 2.23. The fourth-order valence-electron chi connectivity index (χ4n) is 1.78. The molecule has 0 aliphatic rings. The Balaban J connectivity index is 2.05. The summed E-state index contributed by atoms with van der Waals surface area (Å²) >= 11 is 3.52. The van der Waals surface area contributed by atoms with E-state index in [1.807, 2.05) is 36.9 Å². The predicted molar refractivity (Wildman–Crippen MR) is 76.9 cm³/mol. The van der Waals surface area contributed by atoms with Gasteiger partial charge in [0, 0.05) is 17.6 Å². The maximum Gasteiger partial charge on any atom is 0.164 e. The van der Waals surface area contributed by atoms with Crippen LogP contribution >= 0.6 is 15.9 Å². The molecule has 2 aromatic rings. The maximum absolute atomic E-state index is 5.76. The van der Waals surface area contributed by atoms with Crippen LogP contribution in [0, 0.1) is 0 Å². The molecule has 0 spiro atoms. The van der Waals surface area contributed by atoms with Gasteiger partial charge in [-0.1, -0.05) is 15.9 Å². The molecule has 0 bridgehead atoms. The standard InChI is InChI=1S/C13H17BrN4O/c1-3-18-13(16-9-17-18)8-19-11-4-5-12(14)10(6-11)7-15-2/h4-6,9,15H,3,7-8H2,1-2H3. The van der Waals surface area contributed by atoms with E-state index in [4.69, 9.17) is 4.74 Å². The Morgan fingerprint density at radius 2 is 2.26 bits per heavy atom. The molecule has 0 aliphatic carbocycles. The van der Waals surface area contributed by atoms with Crippen LogP contribution in [0.25, 0.3) is 0 Å². The zero-order chi connectivity index (χ0) is 13.7. The van der Waals surface area contributed by atoms with Crippen molar-refractivity contribution in [2.45, 2.75) is 26.6 Å². The lowest BCUT2D eigenvalue weighted by molar-refractivity contribution is 0.287. The molecule has 0 radical (unpaired) electrons. The molecule has 2 rings (SSSR count). The molecule has 0 saturated heterocycles. The first-order valence-electron chi connectivity index (χ1n) is 6.17. The highest BCUT2D eigenvalue weighted by Gasteiger charge is 2.05. The topological polar surface area (TPSA) is 52.0 Å². The second-order valence-electron chi connectivity index (χ2n) is 4.06. The third kappa shape index (κ3) is 3.54. The number of nitrogens with one attached hydrogen (secondary N) is 1. The molecule has 1 aromatic carbocycles. The first-order valence-corrected chi connectivity index (χ1v) is 6.96. The largest absolute Gasteiger partial charge is 0.486 e. The zero-order valence-corrected chi connectivity index (χ0v) is 12.6. The number of benzene rings is 1. The average Bonchev–Trinajstić information content (AvgIpc) is 2.87. The van der Waals surface area contributed by atoms with E-state index in [9.17, 15) is 0 Å². The normalized spacial score (nSPS) is 10.7. The lowest BCUT2D eigenvalue weighted by Crippen LogP contribution is -2.08. The van der Waals surface area contributed by atoms with Crippen LogP contribution in [-0.4, -0.2) is 21.8 Å². The van der Waals surface area contributed by atoms with Gasteiger partial charge in [-0.2, -0.15) is 5.10 Å². The highest BCUT2D eigenvalue weighted by atomic mass is 79.9. The molecule has 5 nitrogen and oxygen atoms in total. The van der Waals surface area contributed by atoms with Crippen molar-refractivity contribution in [2.75, 3.05) is 7.05 Å². The Kier molecular flexibility index (Phi) is 4.93. The van der Waals surface area contributed by atoms with Gasteiger partial charge in [0.05, 0.1) is 0 Å². The van der Waals surface area contributed by atoms with Gasteiger partial charge in [-0.25, -0.2) is 9.67 Å². The van der Waals surface area contributed by atoms with Gasteiger partial charge in [0.1, 0.15) is 18.7 Å². The van der Waals surface area contributed by atoms with Crippen LogP contribution in [0.5, 0.6) is 5.75 Å². The molecular formula is C13H17BrN4O. The molecule has 0 unspecified atom stereocenters. The van der Waals surface area contributed by atoms with Gasteiger partial charge in [-0.3, -0.25) is 0 Å². The Morgan fingerprint density at radius 3 is 3.00 bits per heavy atom. The number of rotatable bonds is 6. The van der Waals surface area contributed by atoms with Gasteiger partial charge >= 0.3 is 0 Å². The number of halogens is 1. The molecule has 0 aliphatic heterocycles. The minimum Gasteiger partial charge on any atom is -0.486 e. The smallest absolute Gasteiger partial charge is 0.164 e.